The number of nitrogens with two attached hydrogens (primary N) is 1. The van der Waals surface area contributed by atoms with E-state index in [1.165, 1.54) is 0 Å². The summed E-state index contributed by atoms with van der Waals surface area (Å²) in [5.41, 5.74) is 3.75. The first-order chi connectivity index (χ1) is 8.69. The third kappa shape index (κ3) is 3.18. The molecule has 0 bridgehead atoms. The highest BCUT2D eigenvalue weighted by molar-refractivity contribution is 5.95. The number of ether oxygens (including phenoxy) is 1. The van der Waals surface area contributed by atoms with Crippen LogP contribution in [0.5, 0.6) is 0 Å². The third-order valence-electron chi connectivity index (χ3n) is 2.86. The normalized spacial score (nSPS) is 19.3. The van der Waals surface area contributed by atoms with Crippen LogP contribution in [0.2, 0.25) is 0 Å². The Hall–Kier alpha value is -1.66. The maximum atomic E-state index is 12.1. The Labute approximate surface area is 106 Å². The summed E-state index contributed by atoms with van der Waals surface area (Å²) in [7, 11) is 0. The van der Waals surface area contributed by atoms with Gasteiger partial charge in [-0.15, -0.1) is 0 Å². The minimum Gasteiger partial charge on any atom is -0.379 e. The van der Waals surface area contributed by atoms with Crippen molar-refractivity contribution in [1.82, 2.24) is 10.3 Å². The molecule has 0 aliphatic carbocycles. The lowest BCUT2D eigenvalue weighted by Gasteiger charge is -2.23. The van der Waals surface area contributed by atoms with Crippen LogP contribution in [0, 0.1) is 6.92 Å². The minimum absolute atomic E-state index is 0.0917. The highest BCUT2D eigenvalue weighted by Crippen LogP contribution is 2.11. The molecule has 6 heteroatoms. The van der Waals surface area contributed by atoms with Crippen LogP contribution in [0.3, 0.4) is 0 Å². The summed E-state index contributed by atoms with van der Waals surface area (Å²) in [5, 5.41) is 2.95. The third-order valence-corrected chi connectivity index (χ3v) is 2.86. The summed E-state index contributed by atoms with van der Waals surface area (Å²) in [6.45, 7) is 3.18. The van der Waals surface area contributed by atoms with Crippen LogP contribution in [0.4, 0.5) is 5.82 Å². The van der Waals surface area contributed by atoms with Gasteiger partial charge in [0, 0.05) is 17.9 Å². The first-order valence-corrected chi connectivity index (χ1v) is 6.03. The number of aromatic nitrogens is 1. The number of hydrazine groups is 1. The number of carbonyl (C=O) groups is 1. The van der Waals surface area contributed by atoms with Gasteiger partial charge in [0.05, 0.1) is 12.6 Å². The summed E-state index contributed by atoms with van der Waals surface area (Å²) in [5.74, 6) is 5.68. The number of hydrogen-bond acceptors (Lipinski definition) is 5. The number of carbonyl (C=O) groups excluding carboxylic acids is 1. The Morgan fingerprint density at radius 1 is 1.56 bits per heavy atom. The van der Waals surface area contributed by atoms with Crippen molar-refractivity contribution in [3.63, 3.8) is 0 Å². The van der Waals surface area contributed by atoms with Crippen LogP contribution in [-0.2, 0) is 4.74 Å². The van der Waals surface area contributed by atoms with Gasteiger partial charge in [-0.25, -0.2) is 10.8 Å². The molecule has 1 amide bonds. The molecule has 0 aromatic carbocycles. The molecule has 0 spiro atoms. The van der Waals surface area contributed by atoms with Gasteiger partial charge >= 0.3 is 0 Å². The Morgan fingerprint density at radius 2 is 2.39 bits per heavy atom. The van der Waals surface area contributed by atoms with E-state index in [9.17, 15) is 4.79 Å². The van der Waals surface area contributed by atoms with E-state index in [0.717, 1.165) is 25.1 Å². The number of rotatable bonds is 3. The first kappa shape index (κ1) is 12.8. The Kier molecular flexibility index (Phi) is 4.11. The van der Waals surface area contributed by atoms with Crippen molar-refractivity contribution in [3.05, 3.63) is 23.4 Å². The summed E-state index contributed by atoms with van der Waals surface area (Å²) in [6.07, 6.45) is 1.94. The second-order valence-electron chi connectivity index (χ2n) is 4.41. The molecule has 2 heterocycles. The van der Waals surface area contributed by atoms with E-state index in [2.05, 4.69) is 15.7 Å². The maximum absolute atomic E-state index is 12.1. The Bertz CT molecular complexity index is 430. The van der Waals surface area contributed by atoms with Crippen LogP contribution in [0.15, 0.2) is 12.1 Å². The molecule has 98 valence electrons. The van der Waals surface area contributed by atoms with Gasteiger partial charge in [-0.2, -0.15) is 0 Å². The van der Waals surface area contributed by atoms with Gasteiger partial charge in [0.1, 0.15) is 5.82 Å². The lowest BCUT2D eigenvalue weighted by atomic mass is 10.1. The summed E-state index contributed by atoms with van der Waals surface area (Å²) in [6, 6.07) is 3.46. The Balaban J connectivity index is 2.05. The van der Waals surface area contributed by atoms with Gasteiger partial charge < -0.3 is 15.5 Å². The molecule has 1 unspecified atom stereocenters. The SMILES string of the molecule is Cc1cc(C(=O)NC2CCCOC2)cc(NN)n1. The highest BCUT2D eigenvalue weighted by Gasteiger charge is 2.17. The lowest BCUT2D eigenvalue weighted by Crippen LogP contribution is -2.40. The zero-order valence-corrected chi connectivity index (χ0v) is 10.4. The van der Waals surface area contributed by atoms with Gasteiger partial charge in [0.25, 0.3) is 5.91 Å². The van der Waals surface area contributed by atoms with E-state index in [0.29, 0.717) is 18.0 Å². The number of nitrogens with one attached hydrogen (secondary N) is 2. The van der Waals surface area contributed by atoms with Crippen LogP contribution < -0.4 is 16.6 Å². The van der Waals surface area contributed by atoms with Crippen LogP contribution in [0.1, 0.15) is 28.9 Å². The molecule has 1 aliphatic heterocycles. The van der Waals surface area contributed by atoms with Gasteiger partial charge in [-0.05, 0) is 31.9 Å². The predicted octanol–water partition coefficient (Wildman–Crippen LogP) is 0.584. The number of hydrogen-bond donors (Lipinski definition) is 3. The molecule has 1 atom stereocenters. The van der Waals surface area contributed by atoms with Crippen molar-refractivity contribution in [2.75, 3.05) is 18.6 Å². The molecule has 1 aromatic heterocycles. The number of nitrogen functional groups attached to an aromatic ring is 1. The number of anilines is 1. The topological polar surface area (TPSA) is 89.3 Å². The second-order valence-corrected chi connectivity index (χ2v) is 4.41. The van der Waals surface area contributed by atoms with Gasteiger partial charge in [0.15, 0.2) is 0 Å². The molecule has 2 rings (SSSR count). The first-order valence-electron chi connectivity index (χ1n) is 6.03. The molecular formula is C12H18N4O2. The second kappa shape index (κ2) is 5.79. The van der Waals surface area contributed by atoms with Crippen molar-refractivity contribution in [2.24, 2.45) is 5.84 Å². The number of amides is 1. The summed E-state index contributed by atoms with van der Waals surface area (Å²) in [4.78, 5) is 16.2. The smallest absolute Gasteiger partial charge is 0.251 e. The van der Waals surface area contributed by atoms with Gasteiger partial charge in [-0.3, -0.25) is 4.79 Å². The molecular weight excluding hydrogens is 232 g/mol. The van der Waals surface area contributed by atoms with Crippen LogP contribution in [-0.4, -0.2) is 30.1 Å². The molecule has 1 aromatic rings. The zero-order valence-electron chi connectivity index (χ0n) is 10.4. The van der Waals surface area contributed by atoms with Gasteiger partial charge in [0.2, 0.25) is 0 Å². The maximum Gasteiger partial charge on any atom is 0.251 e. The van der Waals surface area contributed by atoms with Crippen molar-refractivity contribution in [1.29, 1.82) is 0 Å². The van der Waals surface area contributed by atoms with E-state index in [-0.39, 0.29) is 11.9 Å². The fraction of sp³-hybridized carbons (Fsp3) is 0.500. The molecule has 4 N–H and O–H groups in total. The molecule has 18 heavy (non-hydrogen) atoms. The fourth-order valence-electron chi connectivity index (χ4n) is 2.00. The number of aryl methyl sites for hydroxylation is 1. The van der Waals surface area contributed by atoms with Crippen molar-refractivity contribution < 1.29 is 9.53 Å². The molecule has 1 aliphatic rings. The summed E-state index contributed by atoms with van der Waals surface area (Å²) < 4.78 is 5.33. The van der Waals surface area contributed by atoms with Crippen molar-refractivity contribution in [2.45, 2.75) is 25.8 Å². The average Bonchev–Trinajstić information content (AvgIpc) is 2.39. The highest BCUT2D eigenvalue weighted by atomic mass is 16.5. The lowest BCUT2D eigenvalue weighted by molar-refractivity contribution is 0.0624. The standard InChI is InChI=1S/C12H18N4O2/c1-8-5-9(6-11(14-8)16-13)12(17)15-10-3-2-4-18-7-10/h5-6,10H,2-4,7,13H2,1H3,(H,14,16)(H,15,17). The largest absolute Gasteiger partial charge is 0.379 e. The van der Waals surface area contributed by atoms with Crippen LogP contribution in [0.25, 0.3) is 0 Å². The number of nitrogens with zero attached hydrogens (tertiary/aromatic N) is 1. The van der Waals surface area contributed by atoms with Crippen molar-refractivity contribution in [3.8, 4) is 0 Å². The van der Waals surface area contributed by atoms with Gasteiger partial charge in [-0.1, -0.05) is 0 Å². The monoisotopic (exact) mass is 250 g/mol. The summed E-state index contributed by atoms with van der Waals surface area (Å²) >= 11 is 0. The van der Waals surface area contributed by atoms with E-state index < -0.39 is 0 Å². The molecule has 6 nitrogen and oxygen atoms in total. The molecule has 1 fully saturated rings. The molecule has 0 saturated carbocycles. The minimum atomic E-state index is -0.118. The molecule has 0 radical (unpaired) electrons. The predicted molar refractivity (Wildman–Crippen MR) is 68.1 cm³/mol. The fourth-order valence-corrected chi connectivity index (χ4v) is 2.00. The van der Waals surface area contributed by atoms with Crippen molar-refractivity contribution >= 4 is 11.7 Å². The average molecular weight is 250 g/mol. The quantitative estimate of drug-likeness (QED) is 0.539. The Morgan fingerprint density at radius 3 is 3.06 bits per heavy atom. The number of pyridine rings is 1. The molecule has 1 saturated heterocycles. The van der Waals surface area contributed by atoms with Crippen LogP contribution >= 0.6 is 0 Å². The van der Waals surface area contributed by atoms with E-state index >= 15 is 0 Å². The zero-order chi connectivity index (χ0) is 13.0. The van der Waals surface area contributed by atoms with E-state index in [1.54, 1.807) is 12.1 Å². The van der Waals surface area contributed by atoms with E-state index in [1.807, 2.05) is 6.92 Å². The van der Waals surface area contributed by atoms with E-state index in [4.69, 9.17) is 10.6 Å².